The second kappa shape index (κ2) is 8.81. The molecule has 6 nitrogen and oxygen atoms in total. The number of aliphatic hydroxyl groups excluding tert-OH is 1. The number of aryl methyl sites for hydroxylation is 1. The van der Waals surface area contributed by atoms with E-state index in [1.54, 1.807) is 7.11 Å². The average Bonchev–Trinajstić information content (AvgIpc) is 2.46. The van der Waals surface area contributed by atoms with Crippen LogP contribution in [0.3, 0.4) is 0 Å². The molecule has 0 spiro atoms. The van der Waals surface area contributed by atoms with E-state index in [-0.39, 0.29) is 17.8 Å². The number of aliphatic hydroxyl groups is 1. The van der Waals surface area contributed by atoms with E-state index in [0.29, 0.717) is 31.9 Å². The lowest BCUT2D eigenvalue weighted by atomic mass is 10.2. The van der Waals surface area contributed by atoms with Gasteiger partial charge >= 0.3 is 0 Å². The fourth-order valence-corrected chi connectivity index (χ4v) is 2.36. The van der Waals surface area contributed by atoms with Crippen LogP contribution < -0.4 is 5.43 Å². The zero-order valence-electron chi connectivity index (χ0n) is 13.1. The lowest BCUT2D eigenvalue weighted by molar-refractivity contribution is 0.183. The standard InChI is InChI=1S/C15H26N2O4/c1-4-16(7-8-18)11-13-15(20)14(19)10-12(2)17(13)6-5-9-21-3/h10,18,20H,4-9,11H2,1-3H3. The third-order valence-electron chi connectivity index (χ3n) is 3.57. The summed E-state index contributed by atoms with van der Waals surface area (Å²) in [6.07, 6.45) is 0.804. The van der Waals surface area contributed by atoms with Gasteiger partial charge in [0.1, 0.15) is 0 Å². The van der Waals surface area contributed by atoms with E-state index < -0.39 is 0 Å². The summed E-state index contributed by atoms with van der Waals surface area (Å²) in [6, 6.07) is 1.45. The molecule has 0 aliphatic heterocycles. The van der Waals surface area contributed by atoms with E-state index in [9.17, 15) is 9.90 Å². The summed E-state index contributed by atoms with van der Waals surface area (Å²) in [5.74, 6) is -0.200. The number of likely N-dealkylation sites (N-methyl/N-ethyl adjacent to an activating group) is 1. The van der Waals surface area contributed by atoms with Gasteiger partial charge in [-0.05, 0) is 19.9 Å². The zero-order chi connectivity index (χ0) is 15.8. The highest BCUT2D eigenvalue weighted by Gasteiger charge is 2.15. The van der Waals surface area contributed by atoms with Crippen LogP contribution in [0.5, 0.6) is 5.75 Å². The molecule has 0 aliphatic rings. The number of ether oxygens (including phenoxy) is 1. The molecular formula is C15H26N2O4. The Labute approximate surface area is 125 Å². The van der Waals surface area contributed by atoms with Gasteiger partial charge < -0.3 is 19.5 Å². The Hall–Kier alpha value is -1.37. The molecule has 0 aliphatic carbocycles. The minimum atomic E-state index is -0.356. The van der Waals surface area contributed by atoms with Crippen LogP contribution in [0.25, 0.3) is 0 Å². The molecule has 0 saturated heterocycles. The second-order valence-electron chi connectivity index (χ2n) is 5.04. The van der Waals surface area contributed by atoms with Crippen LogP contribution in [0, 0.1) is 6.92 Å². The first-order chi connectivity index (χ1) is 10.0. The van der Waals surface area contributed by atoms with Crippen LogP contribution in [0.15, 0.2) is 10.9 Å². The number of methoxy groups -OCH3 is 1. The van der Waals surface area contributed by atoms with E-state index in [1.165, 1.54) is 6.07 Å². The van der Waals surface area contributed by atoms with Crippen LogP contribution in [0.2, 0.25) is 0 Å². The first-order valence-corrected chi connectivity index (χ1v) is 7.29. The monoisotopic (exact) mass is 298 g/mol. The van der Waals surface area contributed by atoms with Crippen molar-refractivity contribution in [2.45, 2.75) is 33.4 Å². The number of hydrogen-bond acceptors (Lipinski definition) is 5. The number of hydrogen-bond donors (Lipinski definition) is 2. The van der Waals surface area contributed by atoms with Crippen LogP contribution in [-0.2, 0) is 17.8 Å². The van der Waals surface area contributed by atoms with Crippen molar-refractivity contribution < 1.29 is 14.9 Å². The molecule has 1 aromatic heterocycles. The molecule has 0 bridgehead atoms. The van der Waals surface area contributed by atoms with Gasteiger partial charge in [0.15, 0.2) is 5.75 Å². The van der Waals surface area contributed by atoms with Crippen molar-refractivity contribution >= 4 is 0 Å². The Balaban J connectivity index is 3.09. The highest BCUT2D eigenvalue weighted by atomic mass is 16.5. The minimum absolute atomic E-state index is 0.0499. The Morgan fingerprint density at radius 2 is 2.14 bits per heavy atom. The molecule has 120 valence electrons. The van der Waals surface area contributed by atoms with Gasteiger partial charge in [0, 0.05) is 45.1 Å². The van der Waals surface area contributed by atoms with E-state index >= 15 is 0 Å². The molecule has 21 heavy (non-hydrogen) atoms. The van der Waals surface area contributed by atoms with Crippen LogP contribution in [0.4, 0.5) is 0 Å². The predicted molar refractivity (Wildman–Crippen MR) is 81.6 cm³/mol. The zero-order valence-corrected chi connectivity index (χ0v) is 13.1. The maximum Gasteiger partial charge on any atom is 0.223 e. The van der Waals surface area contributed by atoms with Gasteiger partial charge in [-0.1, -0.05) is 6.92 Å². The largest absolute Gasteiger partial charge is 0.503 e. The van der Waals surface area contributed by atoms with Crippen molar-refractivity contribution in [2.24, 2.45) is 0 Å². The summed E-state index contributed by atoms with van der Waals surface area (Å²) < 4.78 is 7.01. The van der Waals surface area contributed by atoms with Crippen molar-refractivity contribution in [1.29, 1.82) is 0 Å². The normalized spacial score (nSPS) is 11.3. The molecule has 6 heteroatoms. The van der Waals surface area contributed by atoms with Crippen LogP contribution >= 0.6 is 0 Å². The number of aromatic nitrogens is 1. The third kappa shape index (κ3) is 4.84. The molecule has 0 aromatic carbocycles. The maximum atomic E-state index is 11.8. The molecule has 1 aromatic rings. The molecule has 1 rings (SSSR count). The highest BCUT2D eigenvalue weighted by Crippen LogP contribution is 2.17. The smallest absolute Gasteiger partial charge is 0.223 e. The summed E-state index contributed by atoms with van der Waals surface area (Å²) in [6.45, 7) is 6.88. The summed E-state index contributed by atoms with van der Waals surface area (Å²) >= 11 is 0. The van der Waals surface area contributed by atoms with E-state index in [0.717, 1.165) is 18.7 Å². The summed E-state index contributed by atoms with van der Waals surface area (Å²) in [5, 5.41) is 19.2. The van der Waals surface area contributed by atoms with Crippen molar-refractivity contribution in [2.75, 3.05) is 33.4 Å². The molecule has 0 fully saturated rings. The molecular weight excluding hydrogens is 272 g/mol. The van der Waals surface area contributed by atoms with E-state index in [1.807, 2.05) is 23.3 Å². The minimum Gasteiger partial charge on any atom is -0.503 e. The predicted octanol–water partition coefficient (Wildman–Crippen LogP) is 0.713. The number of pyridine rings is 1. The second-order valence-corrected chi connectivity index (χ2v) is 5.04. The lowest BCUT2D eigenvalue weighted by Crippen LogP contribution is -2.29. The van der Waals surface area contributed by atoms with Gasteiger partial charge in [-0.2, -0.15) is 0 Å². The van der Waals surface area contributed by atoms with Crippen molar-refractivity contribution in [3.05, 3.63) is 27.7 Å². The Bertz CT molecular complexity index is 499. The molecule has 0 saturated carbocycles. The van der Waals surface area contributed by atoms with Gasteiger partial charge in [0.05, 0.1) is 12.3 Å². The van der Waals surface area contributed by atoms with Crippen molar-refractivity contribution in [3.63, 3.8) is 0 Å². The lowest BCUT2D eigenvalue weighted by Gasteiger charge is -2.24. The first kappa shape index (κ1) is 17.7. The van der Waals surface area contributed by atoms with Gasteiger partial charge in [-0.3, -0.25) is 9.69 Å². The first-order valence-electron chi connectivity index (χ1n) is 7.29. The number of nitrogens with zero attached hydrogens (tertiary/aromatic N) is 2. The fraction of sp³-hybridized carbons (Fsp3) is 0.667. The van der Waals surface area contributed by atoms with Gasteiger partial charge in [0.2, 0.25) is 5.43 Å². The molecule has 0 unspecified atom stereocenters. The van der Waals surface area contributed by atoms with Crippen LogP contribution in [0.1, 0.15) is 24.7 Å². The molecule has 1 heterocycles. The molecule has 2 N–H and O–H groups in total. The quantitative estimate of drug-likeness (QED) is 0.657. The fourth-order valence-electron chi connectivity index (χ4n) is 2.36. The maximum absolute atomic E-state index is 11.8. The SMILES string of the molecule is CCN(CCO)Cc1c(O)c(=O)cc(C)n1CCCOC. The van der Waals surface area contributed by atoms with E-state index in [2.05, 4.69) is 0 Å². The van der Waals surface area contributed by atoms with Gasteiger partial charge in [0.25, 0.3) is 0 Å². The van der Waals surface area contributed by atoms with Gasteiger partial charge in [-0.15, -0.1) is 0 Å². The highest BCUT2D eigenvalue weighted by molar-refractivity contribution is 5.29. The summed E-state index contributed by atoms with van der Waals surface area (Å²) in [4.78, 5) is 13.8. The molecule has 0 radical (unpaired) electrons. The summed E-state index contributed by atoms with van der Waals surface area (Å²) in [5.41, 5.74) is 1.07. The van der Waals surface area contributed by atoms with Gasteiger partial charge in [-0.25, -0.2) is 0 Å². The number of aromatic hydroxyl groups is 1. The third-order valence-corrected chi connectivity index (χ3v) is 3.57. The van der Waals surface area contributed by atoms with Crippen molar-refractivity contribution in [1.82, 2.24) is 9.47 Å². The summed E-state index contributed by atoms with van der Waals surface area (Å²) in [7, 11) is 1.65. The topological polar surface area (TPSA) is 74.9 Å². The van der Waals surface area contributed by atoms with E-state index in [4.69, 9.17) is 9.84 Å². The Kier molecular flexibility index (Phi) is 7.42. The number of rotatable bonds is 9. The Morgan fingerprint density at radius 1 is 1.43 bits per heavy atom. The van der Waals surface area contributed by atoms with Crippen molar-refractivity contribution in [3.8, 4) is 5.75 Å². The molecule has 0 amide bonds. The molecule has 0 atom stereocenters. The average molecular weight is 298 g/mol. The Morgan fingerprint density at radius 3 is 2.71 bits per heavy atom. The van der Waals surface area contributed by atoms with Crippen LogP contribution in [-0.4, -0.2) is 53.1 Å².